The number of hydrogen-bond acceptors (Lipinski definition) is 7. The SMILES string of the molecule is CCOc1ccc(OCCNC(=O)COC(=O)c2nc(Cl)c(Cl)c(N)c2Cl)cc1. The van der Waals surface area contributed by atoms with Crippen molar-refractivity contribution < 1.29 is 23.8 Å². The highest BCUT2D eigenvalue weighted by Gasteiger charge is 2.21. The van der Waals surface area contributed by atoms with Crippen LogP contribution in [0.3, 0.4) is 0 Å². The van der Waals surface area contributed by atoms with Gasteiger partial charge in [0.2, 0.25) is 0 Å². The number of carbonyl (C=O) groups is 2. The number of anilines is 1. The fourth-order valence-electron chi connectivity index (χ4n) is 2.08. The molecule has 1 aromatic heterocycles. The van der Waals surface area contributed by atoms with Gasteiger partial charge in [-0.25, -0.2) is 9.78 Å². The van der Waals surface area contributed by atoms with Crippen LogP contribution in [0.1, 0.15) is 17.4 Å². The average molecular weight is 463 g/mol. The van der Waals surface area contributed by atoms with Crippen LogP contribution < -0.4 is 20.5 Å². The van der Waals surface area contributed by atoms with Gasteiger partial charge in [0.15, 0.2) is 17.5 Å². The van der Waals surface area contributed by atoms with Crippen LogP contribution in [0, 0.1) is 0 Å². The molecule has 2 aromatic rings. The highest BCUT2D eigenvalue weighted by molar-refractivity contribution is 6.46. The van der Waals surface area contributed by atoms with Crippen LogP contribution in [0.25, 0.3) is 0 Å². The highest BCUT2D eigenvalue weighted by atomic mass is 35.5. The molecule has 2 rings (SSSR count). The summed E-state index contributed by atoms with van der Waals surface area (Å²) in [5, 5.41) is 2.08. The van der Waals surface area contributed by atoms with Gasteiger partial charge < -0.3 is 25.3 Å². The van der Waals surface area contributed by atoms with Crippen molar-refractivity contribution in [2.45, 2.75) is 6.92 Å². The molecular weight excluding hydrogens is 445 g/mol. The predicted molar refractivity (Wildman–Crippen MR) is 110 cm³/mol. The van der Waals surface area contributed by atoms with Crippen LogP contribution in [0.4, 0.5) is 5.69 Å². The second kappa shape index (κ2) is 10.9. The Balaban J connectivity index is 1.74. The Morgan fingerprint density at radius 3 is 2.31 bits per heavy atom. The number of rotatable bonds is 9. The number of halogens is 3. The number of esters is 1. The third-order valence-corrected chi connectivity index (χ3v) is 4.56. The number of benzene rings is 1. The molecule has 0 bridgehead atoms. The first-order valence-corrected chi connectivity index (χ1v) is 9.56. The number of nitrogens with one attached hydrogen (secondary N) is 1. The molecule has 11 heteroatoms. The summed E-state index contributed by atoms with van der Waals surface area (Å²) in [6, 6.07) is 7.08. The zero-order valence-electron chi connectivity index (χ0n) is 15.3. The molecule has 29 heavy (non-hydrogen) atoms. The predicted octanol–water partition coefficient (Wildman–Crippen LogP) is 3.37. The van der Waals surface area contributed by atoms with Gasteiger partial charge in [0.25, 0.3) is 5.91 Å². The fraction of sp³-hybridized carbons (Fsp3) is 0.278. The Morgan fingerprint density at radius 1 is 1.07 bits per heavy atom. The monoisotopic (exact) mass is 461 g/mol. The number of nitrogen functional groups attached to an aromatic ring is 1. The summed E-state index contributed by atoms with van der Waals surface area (Å²) in [4.78, 5) is 27.6. The largest absolute Gasteiger partial charge is 0.494 e. The van der Waals surface area contributed by atoms with E-state index < -0.39 is 18.5 Å². The first-order valence-electron chi connectivity index (χ1n) is 8.43. The van der Waals surface area contributed by atoms with Crippen LogP contribution in [-0.2, 0) is 9.53 Å². The Labute approximate surface area is 182 Å². The van der Waals surface area contributed by atoms with Crippen molar-refractivity contribution in [3.8, 4) is 11.5 Å². The van der Waals surface area contributed by atoms with Crippen molar-refractivity contribution in [3.63, 3.8) is 0 Å². The van der Waals surface area contributed by atoms with Crippen molar-refractivity contribution in [3.05, 3.63) is 45.2 Å². The zero-order chi connectivity index (χ0) is 21.4. The smallest absolute Gasteiger partial charge is 0.359 e. The van der Waals surface area contributed by atoms with E-state index in [4.69, 9.17) is 54.7 Å². The minimum Gasteiger partial charge on any atom is -0.494 e. The summed E-state index contributed by atoms with van der Waals surface area (Å²) >= 11 is 17.5. The lowest BCUT2D eigenvalue weighted by atomic mass is 10.3. The summed E-state index contributed by atoms with van der Waals surface area (Å²) in [5.74, 6) is -0.112. The molecule has 0 radical (unpaired) electrons. The van der Waals surface area contributed by atoms with Crippen LogP contribution in [0.15, 0.2) is 24.3 Å². The molecule has 3 N–H and O–H groups in total. The second-order valence-electron chi connectivity index (χ2n) is 5.47. The van der Waals surface area contributed by atoms with E-state index in [0.29, 0.717) is 12.4 Å². The normalized spacial score (nSPS) is 10.3. The Hall–Kier alpha value is -2.42. The summed E-state index contributed by atoms with van der Waals surface area (Å²) in [6.07, 6.45) is 0. The molecule has 0 aliphatic heterocycles. The molecule has 0 aliphatic carbocycles. The van der Waals surface area contributed by atoms with E-state index in [-0.39, 0.29) is 39.7 Å². The van der Waals surface area contributed by atoms with Gasteiger partial charge in [-0.15, -0.1) is 0 Å². The molecule has 0 fully saturated rings. The number of ether oxygens (including phenoxy) is 3. The highest BCUT2D eigenvalue weighted by Crippen LogP contribution is 2.34. The van der Waals surface area contributed by atoms with Crippen LogP contribution in [0.2, 0.25) is 15.2 Å². The van der Waals surface area contributed by atoms with Crippen molar-refractivity contribution in [2.24, 2.45) is 0 Å². The second-order valence-corrected chi connectivity index (χ2v) is 6.59. The summed E-state index contributed by atoms with van der Waals surface area (Å²) in [7, 11) is 0. The van der Waals surface area contributed by atoms with E-state index in [1.54, 1.807) is 24.3 Å². The lowest BCUT2D eigenvalue weighted by molar-refractivity contribution is -0.124. The van der Waals surface area contributed by atoms with Crippen molar-refractivity contribution in [1.29, 1.82) is 0 Å². The molecule has 1 amide bonds. The minimum absolute atomic E-state index is 0.0708. The minimum atomic E-state index is -0.957. The molecule has 0 atom stereocenters. The molecule has 1 heterocycles. The third kappa shape index (κ3) is 6.56. The molecule has 0 saturated heterocycles. The zero-order valence-corrected chi connectivity index (χ0v) is 17.6. The van der Waals surface area contributed by atoms with E-state index in [1.807, 2.05) is 6.92 Å². The average Bonchev–Trinajstić information content (AvgIpc) is 2.72. The van der Waals surface area contributed by atoms with Crippen molar-refractivity contribution in [1.82, 2.24) is 10.3 Å². The molecule has 0 unspecified atom stereocenters. The first kappa shape index (κ1) is 22.9. The van der Waals surface area contributed by atoms with Crippen LogP contribution >= 0.6 is 34.8 Å². The number of nitrogens with zero attached hydrogens (tertiary/aromatic N) is 1. The number of aromatic nitrogens is 1. The number of amides is 1. The maximum atomic E-state index is 12.0. The van der Waals surface area contributed by atoms with Crippen LogP contribution in [0.5, 0.6) is 11.5 Å². The fourth-order valence-corrected chi connectivity index (χ4v) is 2.66. The molecule has 8 nitrogen and oxygen atoms in total. The standard InChI is InChI=1S/C18H18Cl3N3O5/c1-2-27-10-3-5-11(6-4-10)28-8-7-23-12(25)9-29-18(26)16-13(19)15(22)14(20)17(21)24-16/h3-6H,2,7-9H2,1H3,(H2,22,24)(H,23,25). The Bertz CT molecular complexity index is 878. The molecular formula is C18H18Cl3N3O5. The molecule has 0 saturated carbocycles. The van der Waals surface area contributed by atoms with E-state index >= 15 is 0 Å². The van der Waals surface area contributed by atoms with Gasteiger partial charge in [-0.1, -0.05) is 34.8 Å². The first-order chi connectivity index (χ1) is 13.8. The quantitative estimate of drug-likeness (QED) is 0.334. The van der Waals surface area contributed by atoms with Gasteiger partial charge in [0.05, 0.1) is 23.9 Å². The maximum Gasteiger partial charge on any atom is 0.359 e. The summed E-state index contributed by atoms with van der Waals surface area (Å²) < 4.78 is 15.7. The number of pyridine rings is 1. The van der Waals surface area contributed by atoms with Gasteiger partial charge in [-0.3, -0.25) is 4.79 Å². The van der Waals surface area contributed by atoms with Gasteiger partial charge in [0.1, 0.15) is 23.1 Å². The Kier molecular flexibility index (Phi) is 8.63. The number of nitrogens with two attached hydrogens (primary N) is 1. The molecule has 0 spiro atoms. The topological polar surface area (TPSA) is 113 Å². The lowest BCUT2D eigenvalue weighted by Crippen LogP contribution is -2.32. The van der Waals surface area contributed by atoms with Gasteiger partial charge >= 0.3 is 5.97 Å². The van der Waals surface area contributed by atoms with Gasteiger partial charge in [0, 0.05) is 0 Å². The van der Waals surface area contributed by atoms with Crippen molar-refractivity contribution in [2.75, 3.05) is 32.1 Å². The molecule has 0 aliphatic rings. The Morgan fingerprint density at radius 2 is 1.69 bits per heavy atom. The third-order valence-electron chi connectivity index (χ3n) is 3.43. The molecule has 156 valence electrons. The van der Waals surface area contributed by atoms with Crippen molar-refractivity contribution >= 4 is 52.4 Å². The maximum absolute atomic E-state index is 12.0. The van der Waals surface area contributed by atoms with E-state index in [9.17, 15) is 9.59 Å². The number of hydrogen-bond donors (Lipinski definition) is 2. The van der Waals surface area contributed by atoms with Gasteiger partial charge in [-0.2, -0.15) is 0 Å². The van der Waals surface area contributed by atoms with Gasteiger partial charge in [-0.05, 0) is 31.2 Å². The number of carbonyl (C=O) groups excluding carboxylic acids is 2. The van der Waals surface area contributed by atoms with E-state index in [0.717, 1.165) is 5.75 Å². The summed E-state index contributed by atoms with van der Waals surface area (Å²) in [5.41, 5.74) is 5.20. The molecule has 1 aromatic carbocycles. The lowest BCUT2D eigenvalue weighted by Gasteiger charge is -2.10. The van der Waals surface area contributed by atoms with E-state index in [1.165, 1.54) is 0 Å². The van der Waals surface area contributed by atoms with E-state index in [2.05, 4.69) is 10.3 Å². The van der Waals surface area contributed by atoms with Crippen LogP contribution in [-0.4, -0.2) is 43.2 Å². The summed E-state index contributed by atoms with van der Waals surface area (Å²) in [6.45, 7) is 2.37.